The van der Waals surface area contributed by atoms with Crippen molar-refractivity contribution in [2.24, 2.45) is 0 Å². The fraction of sp³-hybridized carbons (Fsp3) is 0.778. The Morgan fingerprint density at radius 3 is 2.47 bits per heavy atom. The molecule has 1 fully saturated rings. The van der Waals surface area contributed by atoms with Crippen LogP contribution in [0.2, 0.25) is 0 Å². The number of ether oxygens (including phenoxy) is 2. The van der Waals surface area contributed by atoms with Crippen LogP contribution in [0.25, 0.3) is 0 Å². The van der Waals surface area contributed by atoms with Crippen LogP contribution >= 0.6 is 0 Å². The summed E-state index contributed by atoms with van der Waals surface area (Å²) >= 11 is 0. The lowest BCUT2D eigenvalue weighted by molar-refractivity contribution is -0.116. The second-order valence-corrected chi connectivity index (χ2v) is 3.80. The van der Waals surface area contributed by atoms with Crippen molar-refractivity contribution in [3.8, 4) is 0 Å². The molecule has 1 rings (SSSR count). The van der Waals surface area contributed by atoms with Crippen LogP contribution in [0.15, 0.2) is 0 Å². The van der Waals surface area contributed by atoms with E-state index < -0.39 is 24.0 Å². The fourth-order valence-corrected chi connectivity index (χ4v) is 1.89. The molecular weight excluding hydrogens is 204 g/mol. The molecular formula is C9H14O6. The quantitative estimate of drug-likeness (QED) is 0.689. The lowest BCUT2D eigenvalue weighted by Crippen LogP contribution is -2.48. The molecule has 0 heterocycles. The molecule has 86 valence electrons. The minimum Gasteiger partial charge on any atom is -0.450 e. The van der Waals surface area contributed by atoms with Crippen molar-refractivity contribution >= 4 is 12.3 Å². The average molecular weight is 218 g/mol. The summed E-state index contributed by atoms with van der Waals surface area (Å²) in [6, 6.07) is 0. The van der Waals surface area contributed by atoms with E-state index in [0.717, 1.165) is 12.8 Å². The van der Waals surface area contributed by atoms with Crippen LogP contribution in [0.4, 0.5) is 9.59 Å². The molecule has 0 bridgehead atoms. The lowest BCUT2D eigenvalue weighted by atomic mass is 9.83. The number of hydrogen-bond donors (Lipinski definition) is 2. The molecule has 1 saturated carbocycles. The van der Waals surface area contributed by atoms with Crippen LogP contribution in [0.3, 0.4) is 0 Å². The number of carboxylic acid groups (broad SMARTS) is 2. The van der Waals surface area contributed by atoms with Gasteiger partial charge in [-0.3, -0.25) is 0 Å². The Hall–Kier alpha value is -1.46. The third-order valence-electron chi connectivity index (χ3n) is 2.63. The zero-order chi connectivity index (χ0) is 11.5. The van der Waals surface area contributed by atoms with Crippen molar-refractivity contribution in [3.05, 3.63) is 0 Å². The molecule has 6 heteroatoms. The molecule has 1 aliphatic rings. The molecule has 2 N–H and O–H groups in total. The van der Waals surface area contributed by atoms with Crippen LogP contribution in [0, 0.1) is 0 Å². The highest BCUT2D eigenvalue weighted by Gasteiger charge is 2.43. The highest BCUT2D eigenvalue weighted by molar-refractivity contribution is 5.59. The second-order valence-electron chi connectivity index (χ2n) is 3.80. The second kappa shape index (κ2) is 4.37. The first kappa shape index (κ1) is 11.6. The standard InChI is InChI=1S/C9H14O6/c1-9(15-8(12)13)5-3-2-4-6(9)14-7(10)11/h6H,2-5H2,1H3,(H,10,11)(H,12,13). The monoisotopic (exact) mass is 218 g/mol. The van der Waals surface area contributed by atoms with Gasteiger partial charge in [0.25, 0.3) is 0 Å². The summed E-state index contributed by atoms with van der Waals surface area (Å²) in [6.45, 7) is 1.56. The molecule has 2 atom stereocenters. The van der Waals surface area contributed by atoms with E-state index in [2.05, 4.69) is 4.74 Å². The normalized spacial score (nSPS) is 30.6. The Morgan fingerprint density at radius 2 is 1.93 bits per heavy atom. The Kier molecular flexibility index (Phi) is 3.39. The van der Waals surface area contributed by atoms with E-state index >= 15 is 0 Å². The average Bonchev–Trinajstić information content (AvgIpc) is 2.07. The highest BCUT2D eigenvalue weighted by atomic mass is 16.7. The van der Waals surface area contributed by atoms with Gasteiger partial charge in [0.2, 0.25) is 0 Å². The minimum absolute atomic E-state index is 0.483. The van der Waals surface area contributed by atoms with Crippen LogP contribution in [-0.4, -0.2) is 34.2 Å². The van der Waals surface area contributed by atoms with Crippen LogP contribution in [0.1, 0.15) is 32.6 Å². The van der Waals surface area contributed by atoms with Gasteiger partial charge in [0, 0.05) is 0 Å². The smallest absolute Gasteiger partial charge is 0.450 e. The van der Waals surface area contributed by atoms with E-state index in [0.29, 0.717) is 12.8 Å². The van der Waals surface area contributed by atoms with Gasteiger partial charge in [0.1, 0.15) is 11.7 Å². The van der Waals surface area contributed by atoms with E-state index in [1.54, 1.807) is 6.92 Å². The van der Waals surface area contributed by atoms with Crippen LogP contribution < -0.4 is 0 Å². The van der Waals surface area contributed by atoms with Gasteiger partial charge in [-0.15, -0.1) is 0 Å². The molecule has 15 heavy (non-hydrogen) atoms. The Morgan fingerprint density at radius 1 is 1.27 bits per heavy atom. The zero-order valence-corrected chi connectivity index (χ0v) is 8.43. The Balaban J connectivity index is 2.71. The lowest BCUT2D eigenvalue weighted by Gasteiger charge is -2.38. The maximum Gasteiger partial charge on any atom is 0.506 e. The van der Waals surface area contributed by atoms with Gasteiger partial charge in [-0.05, 0) is 32.6 Å². The summed E-state index contributed by atoms with van der Waals surface area (Å²) < 4.78 is 9.36. The van der Waals surface area contributed by atoms with E-state index in [1.165, 1.54) is 0 Å². The number of carbonyl (C=O) groups is 2. The van der Waals surface area contributed by atoms with Gasteiger partial charge in [0.05, 0.1) is 0 Å². The summed E-state index contributed by atoms with van der Waals surface area (Å²) in [7, 11) is 0. The summed E-state index contributed by atoms with van der Waals surface area (Å²) in [5.41, 5.74) is -1.05. The van der Waals surface area contributed by atoms with Gasteiger partial charge in [-0.25, -0.2) is 9.59 Å². The highest BCUT2D eigenvalue weighted by Crippen LogP contribution is 2.33. The number of hydrogen-bond acceptors (Lipinski definition) is 4. The largest absolute Gasteiger partial charge is 0.506 e. The van der Waals surface area contributed by atoms with Gasteiger partial charge in [-0.1, -0.05) is 0 Å². The van der Waals surface area contributed by atoms with E-state index in [1.807, 2.05) is 0 Å². The molecule has 0 aromatic carbocycles. The summed E-state index contributed by atoms with van der Waals surface area (Å²) in [4.78, 5) is 20.9. The first-order valence-electron chi connectivity index (χ1n) is 4.75. The molecule has 0 spiro atoms. The molecule has 0 amide bonds. The first-order chi connectivity index (χ1) is 6.94. The van der Waals surface area contributed by atoms with Crippen LogP contribution in [0.5, 0.6) is 0 Å². The van der Waals surface area contributed by atoms with Crippen molar-refractivity contribution in [1.29, 1.82) is 0 Å². The molecule has 0 aliphatic heterocycles. The van der Waals surface area contributed by atoms with E-state index in [4.69, 9.17) is 14.9 Å². The van der Waals surface area contributed by atoms with Crippen molar-refractivity contribution < 1.29 is 29.3 Å². The number of rotatable bonds is 2. The van der Waals surface area contributed by atoms with Gasteiger partial charge in [-0.2, -0.15) is 0 Å². The van der Waals surface area contributed by atoms with Crippen molar-refractivity contribution in [1.82, 2.24) is 0 Å². The topological polar surface area (TPSA) is 93.1 Å². The third-order valence-corrected chi connectivity index (χ3v) is 2.63. The van der Waals surface area contributed by atoms with Crippen LogP contribution in [-0.2, 0) is 9.47 Å². The Labute approximate surface area is 86.8 Å². The van der Waals surface area contributed by atoms with Gasteiger partial charge in [0.15, 0.2) is 0 Å². The predicted octanol–water partition coefficient (Wildman–Crippen LogP) is 2.08. The van der Waals surface area contributed by atoms with Crippen molar-refractivity contribution in [2.75, 3.05) is 0 Å². The first-order valence-corrected chi connectivity index (χ1v) is 4.75. The molecule has 0 radical (unpaired) electrons. The molecule has 2 unspecified atom stereocenters. The molecule has 6 nitrogen and oxygen atoms in total. The van der Waals surface area contributed by atoms with E-state index in [-0.39, 0.29) is 0 Å². The molecule has 0 aromatic rings. The minimum atomic E-state index is -1.40. The fourth-order valence-electron chi connectivity index (χ4n) is 1.89. The van der Waals surface area contributed by atoms with E-state index in [9.17, 15) is 9.59 Å². The Bertz CT molecular complexity index is 263. The van der Waals surface area contributed by atoms with Crippen molar-refractivity contribution in [3.63, 3.8) is 0 Å². The van der Waals surface area contributed by atoms with Gasteiger partial charge >= 0.3 is 12.3 Å². The van der Waals surface area contributed by atoms with Crippen molar-refractivity contribution in [2.45, 2.75) is 44.3 Å². The third kappa shape index (κ3) is 3.00. The molecule has 0 saturated heterocycles. The summed E-state index contributed by atoms with van der Waals surface area (Å²) in [5.74, 6) is 0. The molecule has 0 aromatic heterocycles. The predicted molar refractivity (Wildman–Crippen MR) is 48.9 cm³/mol. The zero-order valence-electron chi connectivity index (χ0n) is 8.43. The van der Waals surface area contributed by atoms with Gasteiger partial charge < -0.3 is 19.7 Å². The summed E-state index contributed by atoms with van der Waals surface area (Å²) in [5, 5.41) is 17.1. The molecule has 1 aliphatic carbocycles. The summed E-state index contributed by atoms with van der Waals surface area (Å²) in [6.07, 6.45) is -0.909. The maximum atomic E-state index is 10.5. The SMILES string of the molecule is CC1(OC(=O)O)CCCCC1OC(=O)O. The maximum absolute atomic E-state index is 10.5.